The summed E-state index contributed by atoms with van der Waals surface area (Å²) >= 11 is 5.51. The van der Waals surface area contributed by atoms with Crippen molar-refractivity contribution in [3.8, 4) is 0 Å². The Labute approximate surface area is 95.7 Å². The lowest BCUT2D eigenvalue weighted by molar-refractivity contribution is 0.313. The summed E-state index contributed by atoms with van der Waals surface area (Å²) in [6.45, 7) is 4.47. The van der Waals surface area contributed by atoms with Gasteiger partial charge in [0, 0.05) is 49.3 Å². The minimum Gasteiger partial charge on any atom is -0.369 e. The lowest BCUT2D eigenvalue weighted by Crippen LogP contribution is -2.44. The summed E-state index contributed by atoms with van der Waals surface area (Å²) in [6.07, 6.45) is 0. The van der Waals surface area contributed by atoms with E-state index in [-0.39, 0.29) is 0 Å². The Hall–Kier alpha value is -0.930. The highest BCUT2D eigenvalue weighted by Gasteiger charge is 2.13. The summed E-state index contributed by atoms with van der Waals surface area (Å²) in [6, 6.07) is 8.22. The first kappa shape index (κ1) is 10.6. The molecule has 0 saturated carbocycles. The normalized spacial score (nSPS) is 17.9. The number of likely N-dealkylation sites (N-methyl/N-ethyl adjacent to an activating group) is 1. The van der Waals surface area contributed by atoms with Gasteiger partial charge in [-0.2, -0.15) is 0 Å². The number of benzene rings is 1. The molecule has 0 aliphatic carbocycles. The van der Waals surface area contributed by atoms with E-state index < -0.39 is 0 Å². The molecule has 1 aliphatic rings. The highest BCUT2D eigenvalue weighted by molar-refractivity contribution is 6.23. The van der Waals surface area contributed by atoms with E-state index in [0.29, 0.717) is 0 Å². The lowest BCUT2D eigenvalue weighted by Gasteiger charge is -2.34. The Morgan fingerprint density at radius 1 is 1.07 bits per heavy atom. The van der Waals surface area contributed by atoms with Crippen LogP contribution in [-0.2, 0) is 0 Å². The van der Waals surface area contributed by atoms with Gasteiger partial charge in [-0.1, -0.05) is 0 Å². The van der Waals surface area contributed by atoms with Crippen LogP contribution in [0.15, 0.2) is 24.3 Å². The largest absolute Gasteiger partial charge is 0.369 e. The van der Waals surface area contributed by atoms with Crippen molar-refractivity contribution < 1.29 is 0 Å². The van der Waals surface area contributed by atoms with Gasteiger partial charge in [0.15, 0.2) is 0 Å². The number of hydrogen-bond donors (Lipinski definition) is 1. The van der Waals surface area contributed by atoms with Crippen molar-refractivity contribution in [1.29, 1.82) is 0 Å². The summed E-state index contributed by atoms with van der Waals surface area (Å²) in [7, 11) is 2.16. The van der Waals surface area contributed by atoms with Crippen LogP contribution in [0.5, 0.6) is 0 Å². The third kappa shape index (κ3) is 2.55. The molecule has 15 heavy (non-hydrogen) atoms. The fraction of sp³-hybridized carbons (Fsp3) is 0.455. The summed E-state index contributed by atoms with van der Waals surface area (Å²) in [5.41, 5.74) is 2.22. The van der Waals surface area contributed by atoms with Gasteiger partial charge < -0.3 is 9.80 Å². The molecule has 1 aliphatic heterocycles. The standard InChI is InChI=1S/C11H16ClN3/c1-14-6-8-15(9-7-14)11-4-2-10(13-12)3-5-11/h2-5,13H,6-9H2,1H3. The molecule has 82 valence electrons. The van der Waals surface area contributed by atoms with E-state index in [1.807, 2.05) is 12.1 Å². The van der Waals surface area contributed by atoms with Crippen LogP contribution in [-0.4, -0.2) is 38.1 Å². The molecular weight excluding hydrogens is 210 g/mol. The van der Waals surface area contributed by atoms with Crippen LogP contribution in [0.3, 0.4) is 0 Å². The van der Waals surface area contributed by atoms with Crippen LogP contribution >= 0.6 is 11.8 Å². The lowest BCUT2D eigenvalue weighted by atomic mass is 10.2. The average molecular weight is 226 g/mol. The maximum absolute atomic E-state index is 5.51. The minimum atomic E-state index is 0.939. The van der Waals surface area contributed by atoms with E-state index in [2.05, 4.69) is 33.8 Å². The highest BCUT2D eigenvalue weighted by atomic mass is 35.5. The molecule has 1 aromatic carbocycles. The van der Waals surface area contributed by atoms with Crippen molar-refractivity contribution in [1.82, 2.24) is 4.90 Å². The monoisotopic (exact) mass is 225 g/mol. The smallest absolute Gasteiger partial charge is 0.0493 e. The molecule has 2 rings (SSSR count). The number of anilines is 2. The zero-order valence-corrected chi connectivity index (χ0v) is 9.67. The maximum Gasteiger partial charge on any atom is 0.0493 e. The van der Waals surface area contributed by atoms with E-state index in [1.165, 1.54) is 5.69 Å². The van der Waals surface area contributed by atoms with E-state index >= 15 is 0 Å². The van der Waals surface area contributed by atoms with Gasteiger partial charge >= 0.3 is 0 Å². The van der Waals surface area contributed by atoms with E-state index in [1.54, 1.807) is 0 Å². The zero-order valence-electron chi connectivity index (χ0n) is 8.91. The van der Waals surface area contributed by atoms with E-state index in [0.717, 1.165) is 31.9 Å². The molecule has 1 N–H and O–H groups in total. The van der Waals surface area contributed by atoms with Gasteiger partial charge in [-0.05, 0) is 31.3 Å². The first-order valence-corrected chi connectivity index (χ1v) is 5.57. The topological polar surface area (TPSA) is 18.5 Å². The third-order valence-corrected chi connectivity index (χ3v) is 3.06. The van der Waals surface area contributed by atoms with Crippen LogP contribution < -0.4 is 9.74 Å². The van der Waals surface area contributed by atoms with Crippen molar-refractivity contribution in [3.63, 3.8) is 0 Å². The van der Waals surface area contributed by atoms with Crippen LogP contribution in [0.1, 0.15) is 0 Å². The Morgan fingerprint density at radius 2 is 1.67 bits per heavy atom. The molecule has 0 amide bonds. The molecule has 1 saturated heterocycles. The summed E-state index contributed by atoms with van der Waals surface area (Å²) in [5.74, 6) is 0. The fourth-order valence-electron chi connectivity index (χ4n) is 1.80. The molecule has 0 bridgehead atoms. The second kappa shape index (κ2) is 4.73. The summed E-state index contributed by atoms with van der Waals surface area (Å²) < 4.78 is 0. The first-order valence-electron chi connectivity index (χ1n) is 5.20. The van der Waals surface area contributed by atoms with Crippen LogP contribution in [0.25, 0.3) is 0 Å². The average Bonchev–Trinajstić information content (AvgIpc) is 2.30. The van der Waals surface area contributed by atoms with Crippen molar-refractivity contribution in [3.05, 3.63) is 24.3 Å². The molecule has 0 spiro atoms. The van der Waals surface area contributed by atoms with Crippen LogP contribution in [0.4, 0.5) is 11.4 Å². The van der Waals surface area contributed by atoms with E-state index in [9.17, 15) is 0 Å². The van der Waals surface area contributed by atoms with Crippen LogP contribution in [0, 0.1) is 0 Å². The second-order valence-electron chi connectivity index (χ2n) is 3.93. The van der Waals surface area contributed by atoms with Gasteiger partial charge in [0.1, 0.15) is 0 Å². The van der Waals surface area contributed by atoms with Crippen molar-refractivity contribution in [2.24, 2.45) is 0 Å². The number of piperazine rings is 1. The molecule has 3 nitrogen and oxygen atoms in total. The molecule has 0 radical (unpaired) electrons. The Balaban J connectivity index is 2.03. The maximum atomic E-state index is 5.51. The summed E-state index contributed by atoms with van der Waals surface area (Å²) in [5, 5.41) is 0. The number of halogens is 1. The number of nitrogens with zero attached hydrogens (tertiary/aromatic N) is 2. The highest BCUT2D eigenvalue weighted by Crippen LogP contribution is 2.19. The van der Waals surface area contributed by atoms with Crippen molar-refractivity contribution in [2.45, 2.75) is 0 Å². The van der Waals surface area contributed by atoms with Crippen molar-refractivity contribution >= 4 is 23.2 Å². The molecule has 4 heteroatoms. The number of rotatable bonds is 2. The minimum absolute atomic E-state index is 0.939. The second-order valence-corrected chi connectivity index (χ2v) is 4.12. The van der Waals surface area contributed by atoms with Gasteiger partial charge in [-0.25, -0.2) is 0 Å². The Bertz CT molecular complexity index is 304. The van der Waals surface area contributed by atoms with E-state index in [4.69, 9.17) is 11.8 Å². The number of nitrogens with one attached hydrogen (secondary N) is 1. The van der Waals surface area contributed by atoms with Crippen LogP contribution in [0.2, 0.25) is 0 Å². The molecule has 0 aromatic heterocycles. The SMILES string of the molecule is CN1CCN(c2ccc(NCl)cc2)CC1. The Kier molecular flexibility index (Phi) is 3.34. The van der Waals surface area contributed by atoms with Gasteiger partial charge in [-0.3, -0.25) is 4.84 Å². The first-order chi connectivity index (χ1) is 7.29. The zero-order chi connectivity index (χ0) is 10.7. The van der Waals surface area contributed by atoms with Crippen molar-refractivity contribution in [2.75, 3.05) is 43.0 Å². The predicted octanol–water partition coefficient (Wildman–Crippen LogP) is 2.00. The molecule has 0 unspecified atom stereocenters. The van der Waals surface area contributed by atoms with Gasteiger partial charge in [0.2, 0.25) is 0 Å². The van der Waals surface area contributed by atoms with Gasteiger partial charge in [-0.15, -0.1) is 0 Å². The molecule has 1 aromatic rings. The Morgan fingerprint density at radius 3 is 2.20 bits per heavy atom. The summed E-state index contributed by atoms with van der Waals surface area (Å²) in [4.78, 5) is 7.36. The molecule has 1 heterocycles. The molecule has 0 atom stereocenters. The van der Waals surface area contributed by atoms with Gasteiger partial charge in [0.25, 0.3) is 0 Å². The predicted molar refractivity (Wildman–Crippen MR) is 65.6 cm³/mol. The van der Waals surface area contributed by atoms with Gasteiger partial charge in [0.05, 0.1) is 0 Å². The molecular formula is C11H16ClN3. The fourth-order valence-corrected chi connectivity index (χ4v) is 1.93. The molecule has 1 fully saturated rings. The quantitative estimate of drug-likeness (QED) is 0.777. The number of hydrogen-bond acceptors (Lipinski definition) is 3. The third-order valence-electron chi connectivity index (χ3n) is 2.84.